The summed E-state index contributed by atoms with van der Waals surface area (Å²) in [5.74, 6) is 0.449. The number of aromatic nitrogens is 3. The normalized spacial score (nSPS) is 16.2. The number of nitrogens with zero attached hydrogens (tertiary/aromatic N) is 4. The minimum Gasteiger partial charge on any atom is -0.342 e. The molecule has 0 spiro atoms. The molecule has 0 radical (unpaired) electrons. The van der Waals surface area contributed by atoms with E-state index >= 15 is 0 Å². The van der Waals surface area contributed by atoms with Gasteiger partial charge in [0.05, 0.1) is 0 Å². The second kappa shape index (κ2) is 8.70. The fourth-order valence-electron chi connectivity index (χ4n) is 3.85. The molecule has 4 rings (SSSR count). The molecule has 6 heteroatoms. The zero-order valence-corrected chi connectivity index (χ0v) is 17.1. The highest BCUT2D eigenvalue weighted by atomic mass is 35.5. The predicted octanol–water partition coefficient (Wildman–Crippen LogP) is 4.45. The Morgan fingerprint density at radius 2 is 2.00 bits per heavy atom. The molecular weight excluding hydrogens is 384 g/mol. The number of amides is 1. The number of halogens is 1. The molecule has 1 saturated heterocycles. The predicted molar refractivity (Wildman–Crippen MR) is 114 cm³/mol. The van der Waals surface area contributed by atoms with Crippen LogP contribution >= 0.6 is 11.6 Å². The molecule has 1 aliphatic rings. The van der Waals surface area contributed by atoms with E-state index in [1.165, 1.54) is 6.33 Å². The Labute approximate surface area is 175 Å². The first-order valence-electron chi connectivity index (χ1n) is 9.84. The molecule has 0 bridgehead atoms. The van der Waals surface area contributed by atoms with Crippen molar-refractivity contribution >= 4 is 17.5 Å². The summed E-state index contributed by atoms with van der Waals surface area (Å²) < 4.78 is 0. The molecule has 0 N–H and O–H groups in total. The van der Waals surface area contributed by atoms with E-state index in [1.54, 1.807) is 0 Å². The van der Waals surface area contributed by atoms with Crippen molar-refractivity contribution in [3.05, 3.63) is 77.1 Å². The SMILES string of the molecule is Cc1cc(-c2cncnc2)cc(C2CCN(C(=O)CCc3cccc(Cl)c3)C2)n1. The molecule has 2 aromatic heterocycles. The van der Waals surface area contributed by atoms with Crippen LogP contribution in [-0.2, 0) is 11.2 Å². The molecule has 1 amide bonds. The first-order chi connectivity index (χ1) is 14.1. The fraction of sp³-hybridized carbons (Fsp3) is 0.304. The van der Waals surface area contributed by atoms with Crippen molar-refractivity contribution in [1.29, 1.82) is 0 Å². The maximum Gasteiger partial charge on any atom is 0.222 e. The van der Waals surface area contributed by atoms with Gasteiger partial charge in [-0.15, -0.1) is 0 Å². The van der Waals surface area contributed by atoms with E-state index in [2.05, 4.69) is 16.0 Å². The third-order valence-electron chi connectivity index (χ3n) is 5.34. The minimum atomic E-state index is 0.191. The Balaban J connectivity index is 1.42. The molecule has 1 aliphatic heterocycles. The van der Waals surface area contributed by atoms with E-state index in [9.17, 15) is 4.79 Å². The highest BCUT2D eigenvalue weighted by Gasteiger charge is 2.28. The van der Waals surface area contributed by atoms with E-state index in [1.807, 2.05) is 54.5 Å². The molecule has 1 fully saturated rings. The van der Waals surface area contributed by atoms with Gasteiger partial charge in [-0.1, -0.05) is 23.7 Å². The number of pyridine rings is 1. The molecule has 29 heavy (non-hydrogen) atoms. The average Bonchev–Trinajstić information content (AvgIpc) is 3.23. The van der Waals surface area contributed by atoms with Crippen LogP contribution in [0.5, 0.6) is 0 Å². The Morgan fingerprint density at radius 1 is 1.17 bits per heavy atom. The molecular formula is C23H23ClN4O. The summed E-state index contributed by atoms with van der Waals surface area (Å²) in [5.41, 5.74) is 5.14. The monoisotopic (exact) mass is 406 g/mol. The minimum absolute atomic E-state index is 0.191. The van der Waals surface area contributed by atoms with Crippen LogP contribution in [0.3, 0.4) is 0 Å². The molecule has 1 unspecified atom stereocenters. The lowest BCUT2D eigenvalue weighted by Crippen LogP contribution is -2.28. The first kappa shape index (κ1) is 19.5. The van der Waals surface area contributed by atoms with E-state index in [-0.39, 0.29) is 11.8 Å². The van der Waals surface area contributed by atoms with Crippen molar-refractivity contribution in [2.24, 2.45) is 0 Å². The molecule has 148 valence electrons. The van der Waals surface area contributed by atoms with E-state index in [0.29, 0.717) is 17.9 Å². The van der Waals surface area contributed by atoms with Gasteiger partial charge < -0.3 is 4.90 Å². The molecule has 3 heterocycles. The van der Waals surface area contributed by atoms with Gasteiger partial charge in [0.25, 0.3) is 0 Å². The van der Waals surface area contributed by atoms with Crippen LogP contribution in [0.25, 0.3) is 11.1 Å². The topological polar surface area (TPSA) is 59.0 Å². The van der Waals surface area contributed by atoms with Gasteiger partial charge in [-0.05, 0) is 55.2 Å². The number of carbonyl (C=O) groups excluding carboxylic acids is 1. The third-order valence-corrected chi connectivity index (χ3v) is 5.58. The van der Waals surface area contributed by atoms with Gasteiger partial charge in [-0.3, -0.25) is 9.78 Å². The van der Waals surface area contributed by atoms with Gasteiger partial charge in [0, 0.05) is 59.8 Å². The smallest absolute Gasteiger partial charge is 0.222 e. The first-order valence-corrected chi connectivity index (χ1v) is 10.2. The Bertz CT molecular complexity index is 1010. The number of likely N-dealkylation sites (tertiary alicyclic amines) is 1. The lowest BCUT2D eigenvalue weighted by Gasteiger charge is -2.17. The van der Waals surface area contributed by atoms with Gasteiger partial charge in [0.2, 0.25) is 5.91 Å². The highest BCUT2D eigenvalue weighted by Crippen LogP contribution is 2.30. The van der Waals surface area contributed by atoms with Crippen LogP contribution in [0, 0.1) is 6.92 Å². The van der Waals surface area contributed by atoms with Gasteiger partial charge in [0.1, 0.15) is 6.33 Å². The zero-order valence-electron chi connectivity index (χ0n) is 16.4. The number of rotatable bonds is 5. The summed E-state index contributed by atoms with van der Waals surface area (Å²) in [6.07, 6.45) is 7.30. The summed E-state index contributed by atoms with van der Waals surface area (Å²) >= 11 is 6.03. The second-order valence-electron chi connectivity index (χ2n) is 7.50. The van der Waals surface area contributed by atoms with Gasteiger partial charge in [0.15, 0.2) is 0 Å². The Hall–Kier alpha value is -2.79. The fourth-order valence-corrected chi connectivity index (χ4v) is 4.06. The van der Waals surface area contributed by atoms with Gasteiger partial charge in [-0.2, -0.15) is 0 Å². The number of hydrogen-bond acceptors (Lipinski definition) is 4. The van der Waals surface area contributed by atoms with Crippen molar-refractivity contribution in [3.63, 3.8) is 0 Å². The highest BCUT2D eigenvalue weighted by molar-refractivity contribution is 6.30. The van der Waals surface area contributed by atoms with E-state index in [0.717, 1.165) is 47.6 Å². The van der Waals surface area contributed by atoms with Crippen molar-refractivity contribution in [2.45, 2.75) is 32.1 Å². The van der Waals surface area contributed by atoms with Gasteiger partial charge >= 0.3 is 0 Å². The standard InChI is InChI=1S/C23H23ClN4O/c1-16-9-19(20-12-25-15-26-13-20)11-22(27-16)18-7-8-28(14-18)23(29)6-5-17-3-2-4-21(24)10-17/h2-4,9-13,15,18H,5-8,14H2,1H3. The number of aryl methyl sites for hydroxylation is 2. The molecule has 1 atom stereocenters. The summed E-state index contributed by atoms with van der Waals surface area (Å²) in [4.78, 5) is 27.6. The number of hydrogen-bond donors (Lipinski definition) is 0. The average molecular weight is 407 g/mol. The molecule has 5 nitrogen and oxygen atoms in total. The van der Waals surface area contributed by atoms with Crippen LogP contribution in [-0.4, -0.2) is 38.8 Å². The Kier molecular flexibility index (Phi) is 5.86. The zero-order chi connectivity index (χ0) is 20.2. The number of carbonyl (C=O) groups is 1. The maximum atomic E-state index is 12.7. The summed E-state index contributed by atoms with van der Waals surface area (Å²) in [6.45, 7) is 3.49. The molecule has 0 aliphatic carbocycles. The molecule has 3 aromatic rings. The van der Waals surface area contributed by atoms with Crippen LogP contribution in [0.4, 0.5) is 0 Å². The summed E-state index contributed by atoms with van der Waals surface area (Å²) in [7, 11) is 0. The second-order valence-corrected chi connectivity index (χ2v) is 7.94. The van der Waals surface area contributed by atoms with Crippen LogP contribution in [0.15, 0.2) is 55.1 Å². The summed E-state index contributed by atoms with van der Waals surface area (Å²) in [5, 5.41) is 0.710. The third kappa shape index (κ3) is 4.80. The Morgan fingerprint density at radius 3 is 2.79 bits per heavy atom. The van der Waals surface area contributed by atoms with Crippen molar-refractivity contribution < 1.29 is 4.79 Å². The maximum absolute atomic E-state index is 12.7. The van der Waals surface area contributed by atoms with Crippen LogP contribution in [0.1, 0.15) is 35.7 Å². The quantitative estimate of drug-likeness (QED) is 0.628. The van der Waals surface area contributed by atoms with Crippen LogP contribution < -0.4 is 0 Å². The van der Waals surface area contributed by atoms with Crippen LogP contribution in [0.2, 0.25) is 5.02 Å². The van der Waals surface area contributed by atoms with Gasteiger partial charge in [-0.25, -0.2) is 9.97 Å². The number of benzene rings is 1. The van der Waals surface area contributed by atoms with Crippen molar-refractivity contribution in [2.75, 3.05) is 13.1 Å². The summed E-state index contributed by atoms with van der Waals surface area (Å²) in [6, 6.07) is 11.9. The van der Waals surface area contributed by atoms with Crippen molar-refractivity contribution in [1.82, 2.24) is 19.9 Å². The van der Waals surface area contributed by atoms with Crippen molar-refractivity contribution in [3.8, 4) is 11.1 Å². The lowest BCUT2D eigenvalue weighted by molar-refractivity contribution is -0.130. The van der Waals surface area contributed by atoms with E-state index < -0.39 is 0 Å². The lowest BCUT2D eigenvalue weighted by atomic mass is 10.00. The molecule has 1 aromatic carbocycles. The molecule has 0 saturated carbocycles. The van der Waals surface area contributed by atoms with E-state index in [4.69, 9.17) is 16.6 Å². The largest absolute Gasteiger partial charge is 0.342 e.